The minimum Gasteiger partial charge on any atom is -0.396 e. The highest BCUT2D eigenvalue weighted by Gasteiger charge is 2.33. The van der Waals surface area contributed by atoms with E-state index in [9.17, 15) is 0 Å². The highest BCUT2D eigenvalue weighted by molar-refractivity contribution is 4.88. The number of nitrogens with zero attached hydrogens (tertiary/aromatic N) is 1. The van der Waals surface area contributed by atoms with Crippen molar-refractivity contribution in [1.29, 1.82) is 0 Å². The summed E-state index contributed by atoms with van der Waals surface area (Å²) in [7, 11) is 0. The Kier molecular flexibility index (Phi) is 8.08. The van der Waals surface area contributed by atoms with Gasteiger partial charge in [-0.3, -0.25) is 4.90 Å². The molecule has 1 rings (SSSR count). The van der Waals surface area contributed by atoms with E-state index in [4.69, 9.17) is 5.11 Å². The normalized spacial score (nSPS) is 16.9. The first-order valence-corrected chi connectivity index (χ1v) is 8.65. The van der Waals surface area contributed by atoms with E-state index < -0.39 is 0 Å². The SMILES string of the molecule is CCC(CC)(CNC(C)C)CN(CCCO)C1CCC1. The maximum Gasteiger partial charge on any atom is 0.0443 e. The second kappa shape index (κ2) is 9.01. The molecule has 0 aliphatic heterocycles. The zero-order valence-electron chi connectivity index (χ0n) is 14.1. The van der Waals surface area contributed by atoms with Crippen molar-refractivity contribution in [2.75, 3.05) is 26.2 Å². The van der Waals surface area contributed by atoms with E-state index in [1.54, 1.807) is 0 Å². The molecule has 0 spiro atoms. The molecule has 0 atom stereocenters. The number of hydrogen-bond acceptors (Lipinski definition) is 3. The van der Waals surface area contributed by atoms with Crippen LogP contribution in [0.25, 0.3) is 0 Å². The number of rotatable bonds is 11. The van der Waals surface area contributed by atoms with Crippen molar-refractivity contribution >= 4 is 0 Å². The lowest BCUT2D eigenvalue weighted by Crippen LogP contribution is -2.50. The van der Waals surface area contributed by atoms with Crippen LogP contribution in [0.15, 0.2) is 0 Å². The molecule has 20 heavy (non-hydrogen) atoms. The van der Waals surface area contributed by atoms with Crippen molar-refractivity contribution < 1.29 is 5.11 Å². The van der Waals surface area contributed by atoms with Gasteiger partial charge in [-0.2, -0.15) is 0 Å². The number of aliphatic hydroxyl groups is 1. The molecule has 0 saturated heterocycles. The molecule has 120 valence electrons. The smallest absolute Gasteiger partial charge is 0.0443 e. The van der Waals surface area contributed by atoms with Gasteiger partial charge in [0.05, 0.1) is 0 Å². The average molecular weight is 284 g/mol. The summed E-state index contributed by atoms with van der Waals surface area (Å²) in [5.74, 6) is 0. The maximum atomic E-state index is 9.14. The molecule has 1 aliphatic rings. The van der Waals surface area contributed by atoms with Gasteiger partial charge in [0.1, 0.15) is 0 Å². The van der Waals surface area contributed by atoms with E-state index in [1.807, 2.05) is 0 Å². The van der Waals surface area contributed by atoms with Gasteiger partial charge in [-0.1, -0.05) is 34.1 Å². The topological polar surface area (TPSA) is 35.5 Å². The van der Waals surface area contributed by atoms with Crippen LogP contribution in [0.2, 0.25) is 0 Å². The van der Waals surface area contributed by atoms with Crippen LogP contribution in [0, 0.1) is 5.41 Å². The van der Waals surface area contributed by atoms with Gasteiger partial charge in [0.25, 0.3) is 0 Å². The predicted molar refractivity (Wildman–Crippen MR) is 87.1 cm³/mol. The molecular weight excluding hydrogens is 248 g/mol. The van der Waals surface area contributed by atoms with Crippen LogP contribution < -0.4 is 5.32 Å². The number of hydrogen-bond donors (Lipinski definition) is 2. The first-order valence-electron chi connectivity index (χ1n) is 8.65. The second-order valence-corrected chi connectivity index (χ2v) is 6.88. The van der Waals surface area contributed by atoms with E-state index in [0.717, 1.165) is 25.6 Å². The minimum absolute atomic E-state index is 0.318. The molecule has 0 unspecified atom stereocenters. The molecule has 0 aromatic rings. The summed E-state index contributed by atoms with van der Waals surface area (Å²) in [5, 5.41) is 12.8. The lowest BCUT2D eigenvalue weighted by atomic mass is 9.79. The van der Waals surface area contributed by atoms with Gasteiger partial charge in [-0.15, -0.1) is 0 Å². The molecule has 1 aliphatic carbocycles. The van der Waals surface area contributed by atoms with Crippen LogP contribution in [0.1, 0.15) is 66.2 Å². The van der Waals surface area contributed by atoms with Gasteiger partial charge in [0, 0.05) is 38.3 Å². The second-order valence-electron chi connectivity index (χ2n) is 6.88. The molecular formula is C17H36N2O. The molecule has 3 nitrogen and oxygen atoms in total. The zero-order valence-corrected chi connectivity index (χ0v) is 14.1. The Morgan fingerprint density at radius 2 is 1.90 bits per heavy atom. The van der Waals surface area contributed by atoms with E-state index in [-0.39, 0.29) is 0 Å². The third-order valence-electron chi connectivity index (χ3n) is 5.12. The molecule has 0 amide bonds. The zero-order chi connectivity index (χ0) is 15.0. The molecule has 0 heterocycles. The molecule has 0 bridgehead atoms. The van der Waals surface area contributed by atoms with E-state index >= 15 is 0 Å². The molecule has 1 saturated carbocycles. The predicted octanol–water partition coefficient (Wildman–Crippen LogP) is 3.03. The highest BCUT2D eigenvalue weighted by Crippen LogP contribution is 2.32. The Morgan fingerprint density at radius 3 is 2.30 bits per heavy atom. The van der Waals surface area contributed by atoms with Gasteiger partial charge in [0.15, 0.2) is 0 Å². The molecule has 0 aromatic heterocycles. The van der Waals surface area contributed by atoms with Crippen LogP contribution in [0.3, 0.4) is 0 Å². The fourth-order valence-electron chi connectivity index (χ4n) is 3.05. The quantitative estimate of drug-likeness (QED) is 0.612. The van der Waals surface area contributed by atoms with E-state index in [0.29, 0.717) is 18.1 Å². The average Bonchev–Trinajstić information content (AvgIpc) is 2.38. The molecule has 0 aromatic carbocycles. The van der Waals surface area contributed by atoms with Crippen molar-refractivity contribution in [2.24, 2.45) is 5.41 Å². The van der Waals surface area contributed by atoms with Crippen molar-refractivity contribution in [3.05, 3.63) is 0 Å². The van der Waals surface area contributed by atoms with Crippen LogP contribution in [-0.4, -0.2) is 48.3 Å². The van der Waals surface area contributed by atoms with Crippen molar-refractivity contribution in [1.82, 2.24) is 10.2 Å². The highest BCUT2D eigenvalue weighted by atomic mass is 16.3. The molecule has 0 radical (unpaired) electrons. The van der Waals surface area contributed by atoms with Gasteiger partial charge in [-0.05, 0) is 37.5 Å². The van der Waals surface area contributed by atoms with E-state index in [2.05, 4.69) is 37.9 Å². The summed E-state index contributed by atoms with van der Waals surface area (Å²) in [6, 6.07) is 1.33. The van der Waals surface area contributed by atoms with Gasteiger partial charge in [-0.25, -0.2) is 0 Å². The minimum atomic E-state index is 0.318. The molecule has 2 N–H and O–H groups in total. The Bertz CT molecular complexity index is 247. The van der Waals surface area contributed by atoms with Gasteiger partial charge >= 0.3 is 0 Å². The third-order valence-corrected chi connectivity index (χ3v) is 5.12. The number of aliphatic hydroxyl groups excluding tert-OH is 1. The Morgan fingerprint density at radius 1 is 1.25 bits per heavy atom. The summed E-state index contributed by atoms with van der Waals surface area (Å²) in [4.78, 5) is 2.66. The lowest BCUT2D eigenvalue weighted by molar-refractivity contribution is 0.0560. The monoisotopic (exact) mass is 284 g/mol. The summed E-state index contributed by atoms with van der Waals surface area (Å²) in [6.07, 6.45) is 7.46. The Balaban J connectivity index is 2.62. The maximum absolute atomic E-state index is 9.14. The summed E-state index contributed by atoms with van der Waals surface area (Å²) in [5.41, 5.74) is 0.384. The third kappa shape index (κ3) is 5.34. The molecule has 3 heteroatoms. The van der Waals surface area contributed by atoms with Crippen molar-refractivity contribution in [2.45, 2.75) is 78.3 Å². The van der Waals surface area contributed by atoms with Gasteiger partial charge < -0.3 is 10.4 Å². The molecule has 1 fully saturated rings. The standard InChI is InChI=1S/C17H36N2O/c1-5-17(6-2,13-18-15(3)4)14-19(11-8-12-20)16-9-7-10-16/h15-16,18,20H,5-14H2,1-4H3. The first-order chi connectivity index (χ1) is 9.56. The summed E-state index contributed by atoms with van der Waals surface area (Å²) >= 11 is 0. The fraction of sp³-hybridized carbons (Fsp3) is 1.00. The lowest BCUT2D eigenvalue weighted by Gasteiger charge is -2.44. The Hall–Kier alpha value is -0.120. The van der Waals surface area contributed by atoms with Crippen LogP contribution in [0.5, 0.6) is 0 Å². The van der Waals surface area contributed by atoms with Crippen LogP contribution in [-0.2, 0) is 0 Å². The summed E-state index contributed by atoms with van der Waals surface area (Å²) < 4.78 is 0. The van der Waals surface area contributed by atoms with Gasteiger partial charge in [0.2, 0.25) is 0 Å². The van der Waals surface area contributed by atoms with E-state index in [1.165, 1.54) is 38.6 Å². The fourth-order valence-corrected chi connectivity index (χ4v) is 3.05. The number of nitrogens with one attached hydrogen (secondary N) is 1. The summed E-state index contributed by atoms with van der Waals surface area (Å²) in [6.45, 7) is 12.8. The Labute approximate surface area is 126 Å². The van der Waals surface area contributed by atoms with Crippen molar-refractivity contribution in [3.63, 3.8) is 0 Å². The van der Waals surface area contributed by atoms with Crippen LogP contribution >= 0.6 is 0 Å². The van der Waals surface area contributed by atoms with Crippen molar-refractivity contribution in [3.8, 4) is 0 Å². The van der Waals surface area contributed by atoms with Crippen LogP contribution in [0.4, 0.5) is 0 Å². The largest absolute Gasteiger partial charge is 0.396 e. The first kappa shape index (κ1) is 17.9.